The average molecular weight is 255 g/mol. The van der Waals surface area contributed by atoms with E-state index >= 15 is 0 Å². The van der Waals surface area contributed by atoms with Crippen molar-refractivity contribution in [2.45, 2.75) is 13.3 Å². The van der Waals surface area contributed by atoms with E-state index in [1.165, 1.54) is 11.0 Å². The lowest BCUT2D eigenvalue weighted by molar-refractivity contribution is -0.137. The first kappa shape index (κ1) is 14.0. The molecule has 98 valence electrons. The molecule has 0 aliphatic carbocycles. The maximum atomic E-state index is 12.8. The second-order valence-electron chi connectivity index (χ2n) is 3.69. The smallest absolute Gasteiger partial charge is 0.305 e. The van der Waals surface area contributed by atoms with Gasteiger partial charge in [0, 0.05) is 19.2 Å². The molecule has 0 saturated carbocycles. The summed E-state index contributed by atoms with van der Waals surface area (Å²) in [5.41, 5.74) is -0.0383. The zero-order chi connectivity index (χ0) is 13.7. The fourth-order valence-corrected chi connectivity index (χ4v) is 1.49. The van der Waals surface area contributed by atoms with Gasteiger partial charge in [-0.15, -0.1) is 0 Å². The van der Waals surface area contributed by atoms with Crippen LogP contribution in [0.4, 0.5) is 4.39 Å². The number of carboxylic acid groups (broad SMARTS) is 1. The molecule has 0 unspecified atom stereocenters. The Bertz CT molecular complexity index is 461. The number of carbonyl (C=O) groups is 2. The van der Waals surface area contributed by atoms with Crippen molar-refractivity contribution in [2.75, 3.05) is 13.1 Å². The first-order valence-corrected chi connectivity index (χ1v) is 5.45. The SMILES string of the molecule is CCN(CCC(=O)O)C(=O)c1ccc(F)cc1O. The number of carbonyl (C=O) groups excluding carboxylic acids is 1. The minimum Gasteiger partial charge on any atom is -0.507 e. The number of rotatable bonds is 5. The van der Waals surface area contributed by atoms with E-state index in [1.807, 2.05) is 0 Å². The highest BCUT2D eigenvalue weighted by Crippen LogP contribution is 2.20. The minimum absolute atomic E-state index is 0.0383. The number of nitrogens with zero attached hydrogens (tertiary/aromatic N) is 1. The Morgan fingerprint density at radius 1 is 1.39 bits per heavy atom. The Balaban J connectivity index is 2.86. The number of aromatic hydroxyl groups is 1. The number of benzene rings is 1. The van der Waals surface area contributed by atoms with Gasteiger partial charge < -0.3 is 15.1 Å². The van der Waals surface area contributed by atoms with Crippen molar-refractivity contribution in [3.63, 3.8) is 0 Å². The van der Waals surface area contributed by atoms with Gasteiger partial charge in [0.1, 0.15) is 11.6 Å². The molecule has 0 atom stereocenters. The predicted molar refractivity (Wildman–Crippen MR) is 61.9 cm³/mol. The summed E-state index contributed by atoms with van der Waals surface area (Å²) in [5.74, 6) is -2.62. The van der Waals surface area contributed by atoms with Crippen LogP contribution in [-0.4, -0.2) is 40.1 Å². The van der Waals surface area contributed by atoms with Crippen molar-refractivity contribution < 1.29 is 24.2 Å². The van der Waals surface area contributed by atoms with Crippen molar-refractivity contribution in [1.29, 1.82) is 0 Å². The number of amides is 1. The Kier molecular flexibility index (Phi) is 4.65. The van der Waals surface area contributed by atoms with Gasteiger partial charge in [0.2, 0.25) is 0 Å². The van der Waals surface area contributed by atoms with Crippen LogP contribution in [0.25, 0.3) is 0 Å². The molecule has 2 N–H and O–H groups in total. The molecule has 5 nitrogen and oxygen atoms in total. The minimum atomic E-state index is -1.01. The summed E-state index contributed by atoms with van der Waals surface area (Å²) < 4.78 is 12.8. The normalized spacial score (nSPS) is 10.1. The molecule has 0 heterocycles. The van der Waals surface area contributed by atoms with E-state index in [2.05, 4.69) is 0 Å². The number of carboxylic acids is 1. The number of hydrogen-bond donors (Lipinski definition) is 2. The van der Waals surface area contributed by atoms with Crippen LogP contribution in [-0.2, 0) is 4.79 Å². The van der Waals surface area contributed by atoms with E-state index in [9.17, 15) is 19.1 Å². The van der Waals surface area contributed by atoms with Crippen LogP contribution in [0.1, 0.15) is 23.7 Å². The van der Waals surface area contributed by atoms with E-state index < -0.39 is 23.4 Å². The average Bonchev–Trinajstić information content (AvgIpc) is 2.29. The first-order valence-electron chi connectivity index (χ1n) is 5.45. The summed E-state index contributed by atoms with van der Waals surface area (Å²) >= 11 is 0. The van der Waals surface area contributed by atoms with Gasteiger partial charge in [0.25, 0.3) is 5.91 Å². The Morgan fingerprint density at radius 3 is 2.56 bits per heavy atom. The molecule has 0 aliphatic heterocycles. The number of halogens is 1. The third-order valence-electron chi connectivity index (χ3n) is 2.45. The van der Waals surface area contributed by atoms with Gasteiger partial charge in [-0.1, -0.05) is 0 Å². The number of hydrogen-bond acceptors (Lipinski definition) is 3. The second kappa shape index (κ2) is 6.00. The zero-order valence-corrected chi connectivity index (χ0v) is 9.89. The van der Waals surface area contributed by atoms with Gasteiger partial charge in [0.15, 0.2) is 0 Å². The van der Waals surface area contributed by atoms with E-state index in [0.29, 0.717) is 6.54 Å². The number of phenolic OH excluding ortho intramolecular Hbond substituents is 1. The summed E-state index contributed by atoms with van der Waals surface area (Å²) in [6, 6.07) is 3.09. The molecule has 1 aromatic carbocycles. The highest BCUT2D eigenvalue weighted by Gasteiger charge is 2.18. The summed E-state index contributed by atoms with van der Waals surface area (Å²) in [4.78, 5) is 23.7. The van der Waals surface area contributed by atoms with Gasteiger partial charge in [-0.3, -0.25) is 9.59 Å². The molecule has 18 heavy (non-hydrogen) atoms. The maximum absolute atomic E-state index is 12.8. The monoisotopic (exact) mass is 255 g/mol. The maximum Gasteiger partial charge on any atom is 0.305 e. The van der Waals surface area contributed by atoms with Crippen LogP contribution in [0.2, 0.25) is 0 Å². The van der Waals surface area contributed by atoms with E-state index in [-0.39, 0.29) is 18.5 Å². The fourth-order valence-electron chi connectivity index (χ4n) is 1.49. The predicted octanol–water partition coefficient (Wildman–Crippen LogP) is 1.47. The molecule has 1 rings (SSSR count). The van der Waals surface area contributed by atoms with Crippen molar-refractivity contribution in [1.82, 2.24) is 4.90 Å². The molecule has 0 spiro atoms. The Labute approximate surface area is 103 Å². The largest absolute Gasteiger partial charge is 0.507 e. The molecule has 0 radical (unpaired) electrons. The van der Waals surface area contributed by atoms with E-state index in [4.69, 9.17) is 5.11 Å². The molecular weight excluding hydrogens is 241 g/mol. The van der Waals surface area contributed by atoms with Crippen LogP contribution >= 0.6 is 0 Å². The fraction of sp³-hybridized carbons (Fsp3) is 0.333. The van der Waals surface area contributed by atoms with Gasteiger partial charge in [0.05, 0.1) is 12.0 Å². The molecule has 1 amide bonds. The molecule has 1 aromatic rings. The highest BCUT2D eigenvalue weighted by molar-refractivity contribution is 5.96. The van der Waals surface area contributed by atoms with E-state index in [1.54, 1.807) is 6.92 Å². The molecule has 0 aromatic heterocycles. The zero-order valence-electron chi connectivity index (χ0n) is 9.89. The summed E-state index contributed by atoms with van der Waals surface area (Å²) in [5, 5.41) is 18.0. The Morgan fingerprint density at radius 2 is 2.06 bits per heavy atom. The first-order chi connectivity index (χ1) is 8.45. The third kappa shape index (κ3) is 3.44. The van der Waals surface area contributed by atoms with Gasteiger partial charge in [-0.25, -0.2) is 4.39 Å². The van der Waals surface area contributed by atoms with Gasteiger partial charge in [-0.05, 0) is 19.1 Å². The van der Waals surface area contributed by atoms with Crippen LogP contribution in [0.15, 0.2) is 18.2 Å². The highest BCUT2D eigenvalue weighted by atomic mass is 19.1. The van der Waals surface area contributed by atoms with Crippen LogP contribution < -0.4 is 0 Å². The molecule has 0 fully saturated rings. The van der Waals surface area contributed by atoms with Crippen LogP contribution in [0, 0.1) is 5.82 Å². The summed E-state index contributed by atoms with van der Waals surface area (Å²) in [6.45, 7) is 2.05. The van der Waals surface area contributed by atoms with Crippen molar-refractivity contribution in [2.24, 2.45) is 0 Å². The van der Waals surface area contributed by atoms with Crippen LogP contribution in [0.3, 0.4) is 0 Å². The topological polar surface area (TPSA) is 77.8 Å². The summed E-state index contributed by atoms with van der Waals surface area (Å²) in [7, 11) is 0. The lowest BCUT2D eigenvalue weighted by atomic mass is 10.1. The standard InChI is InChI=1S/C12H14FNO4/c1-2-14(6-5-11(16)17)12(18)9-4-3-8(13)7-10(9)15/h3-4,7,15H,2,5-6H2,1H3,(H,16,17). The lowest BCUT2D eigenvalue weighted by Crippen LogP contribution is -2.32. The molecule has 0 bridgehead atoms. The quantitative estimate of drug-likeness (QED) is 0.835. The lowest BCUT2D eigenvalue weighted by Gasteiger charge is -2.20. The summed E-state index contributed by atoms with van der Waals surface area (Å²) in [6.07, 6.45) is -0.179. The van der Waals surface area contributed by atoms with E-state index in [0.717, 1.165) is 12.1 Å². The molecular formula is C12H14FNO4. The number of aliphatic carboxylic acids is 1. The van der Waals surface area contributed by atoms with Crippen molar-refractivity contribution in [3.8, 4) is 5.75 Å². The van der Waals surface area contributed by atoms with Crippen LogP contribution in [0.5, 0.6) is 5.75 Å². The van der Waals surface area contributed by atoms with Crippen molar-refractivity contribution in [3.05, 3.63) is 29.6 Å². The number of phenols is 1. The third-order valence-corrected chi connectivity index (χ3v) is 2.45. The molecule has 6 heteroatoms. The van der Waals surface area contributed by atoms with Crippen molar-refractivity contribution >= 4 is 11.9 Å². The molecule has 0 saturated heterocycles. The second-order valence-corrected chi connectivity index (χ2v) is 3.69. The molecule has 0 aliphatic rings. The van der Waals surface area contributed by atoms with Gasteiger partial charge in [-0.2, -0.15) is 0 Å². The Hall–Kier alpha value is -2.11. The van der Waals surface area contributed by atoms with Gasteiger partial charge >= 0.3 is 5.97 Å².